The van der Waals surface area contributed by atoms with E-state index in [-0.39, 0.29) is 24.1 Å². The van der Waals surface area contributed by atoms with E-state index in [1.165, 1.54) is 0 Å². The Balaban J connectivity index is 1.87. The largest absolute Gasteiger partial charge is 0.470 e. The number of allylic oxidation sites excluding steroid dienone is 4. The summed E-state index contributed by atoms with van der Waals surface area (Å²) in [4.78, 5) is 0. The first-order valence-electron chi connectivity index (χ1n) is 6.26. The average molecular weight is 244 g/mol. The van der Waals surface area contributed by atoms with Crippen molar-refractivity contribution < 1.29 is 9.31 Å². The predicted octanol–water partition coefficient (Wildman–Crippen LogP) is 3.25. The van der Waals surface area contributed by atoms with Gasteiger partial charge in [-0.2, -0.15) is 10.2 Å². The first-order chi connectivity index (χ1) is 8.41. The predicted molar refractivity (Wildman–Crippen MR) is 70.0 cm³/mol. The normalized spacial score (nSPS) is 31.3. The molecule has 2 aliphatic heterocycles. The van der Waals surface area contributed by atoms with Gasteiger partial charge in [0.15, 0.2) is 0 Å². The van der Waals surface area contributed by atoms with Gasteiger partial charge in [0.2, 0.25) is 0 Å². The molecule has 1 atom stereocenters. The SMILES string of the molecule is CC1(C)OB([C@H]2C=CC=C3N=NC=C32)OC1(C)C. The molecule has 0 saturated carbocycles. The van der Waals surface area contributed by atoms with E-state index in [0.29, 0.717) is 0 Å². The monoisotopic (exact) mass is 244 g/mol. The maximum absolute atomic E-state index is 6.09. The second-order valence-electron chi connectivity index (χ2n) is 5.89. The minimum absolute atomic E-state index is 0.0704. The fourth-order valence-corrected chi connectivity index (χ4v) is 2.31. The zero-order valence-corrected chi connectivity index (χ0v) is 11.2. The fraction of sp³-hybridized carbons (Fsp3) is 0.538. The lowest BCUT2D eigenvalue weighted by atomic mass is 9.66. The van der Waals surface area contributed by atoms with Gasteiger partial charge in [-0.05, 0) is 33.8 Å². The van der Waals surface area contributed by atoms with Gasteiger partial charge in [-0.15, -0.1) is 0 Å². The number of rotatable bonds is 1. The number of hydrogen-bond acceptors (Lipinski definition) is 4. The highest BCUT2D eigenvalue weighted by Gasteiger charge is 2.54. The molecule has 2 heterocycles. The molecule has 1 aliphatic carbocycles. The molecule has 18 heavy (non-hydrogen) atoms. The van der Waals surface area contributed by atoms with Crippen LogP contribution >= 0.6 is 0 Å². The molecule has 0 bridgehead atoms. The van der Waals surface area contributed by atoms with Crippen molar-refractivity contribution in [2.45, 2.75) is 44.7 Å². The molecule has 5 heteroatoms. The van der Waals surface area contributed by atoms with Crippen LogP contribution in [0.5, 0.6) is 0 Å². The van der Waals surface area contributed by atoms with Crippen LogP contribution in [-0.2, 0) is 9.31 Å². The van der Waals surface area contributed by atoms with Gasteiger partial charge >= 0.3 is 7.12 Å². The lowest BCUT2D eigenvalue weighted by Crippen LogP contribution is -2.41. The molecular weight excluding hydrogens is 227 g/mol. The van der Waals surface area contributed by atoms with Crippen LogP contribution in [0, 0.1) is 0 Å². The molecular formula is C13H17BN2O2. The zero-order valence-electron chi connectivity index (χ0n) is 11.2. The highest BCUT2D eigenvalue weighted by Crippen LogP contribution is 2.45. The molecule has 94 valence electrons. The van der Waals surface area contributed by atoms with E-state index < -0.39 is 0 Å². The molecule has 0 amide bonds. The maximum atomic E-state index is 6.09. The number of hydrogen-bond donors (Lipinski definition) is 0. The lowest BCUT2D eigenvalue weighted by molar-refractivity contribution is 0.00578. The van der Waals surface area contributed by atoms with Crippen molar-refractivity contribution in [2.24, 2.45) is 10.2 Å². The second-order valence-corrected chi connectivity index (χ2v) is 5.89. The summed E-state index contributed by atoms with van der Waals surface area (Å²) in [7, 11) is -0.273. The molecule has 0 spiro atoms. The molecule has 1 fully saturated rings. The van der Waals surface area contributed by atoms with Crippen LogP contribution in [0.25, 0.3) is 0 Å². The lowest BCUT2D eigenvalue weighted by Gasteiger charge is -2.32. The van der Waals surface area contributed by atoms with E-state index >= 15 is 0 Å². The third-order valence-electron chi connectivity index (χ3n) is 4.15. The smallest absolute Gasteiger partial charge is 0.403 e. The number of fused-ring (bicyclic) bond motifs is 1. The van der Waals surface area contributed by atoms with Gasteiger partial charge in [-0.3, -0.25) is 0 Å². The summed E-state index contributed by atoms with van der Waals surface area (Å²) in [5.74, 6) is 0.0704. The Morgan fingerprint density at radius 2 is 1.83 bits per heavy atom. The van der Waals surface area contributed by atoms with E-state index in [0.717, 1.165) is 11.3 Å². The number of azo groups is 1. The summed E-state index contributed by atoms with van der Waals surface area (Å²) in [6, 6.07) is 0. The van der Waals surface area contributed by atoms with E-state index in [9.17, 15) is 0 Å². The summed E-state index contributed by atoms with van der Waals surface area (Å²) in [5, 5.41) is 8.05. The van der Waals surface area contributed by atoms with Crippen molar-refractivity contribution in [3.8, 4) is 0 Å². The Hall–Kier alpha value is -1.20. The summed E-state index contributed by atoms with van der Waals surface area (Å²) in [5.41, 5.74) is 1.38. The van der Waals surface area contributed by atoms with Gasteiger partial charge < -0.3 is 9.31 Å². The van der Waals surface area contributed by atoms with Crippen LogP contribution in [0.1, 0.15) is 27.7 Å². The van der Waals surface area contributed by atoms with Gasteiger partial charge in [0.1, 0.15) is 0 Å². The number of nitrogens with zero attached hydrogens (tertiary/aromatic N) is 2. The van der Waals surface area contributed by atoms with Crippen molar-refractivity contribution in [3.05, 3.63) is 35.7 Å². The molecule has 0 radical (unpaired) electrons. The summed E-state index contributed by atoms with van der Waals surface area (Å²) < 4.78 is 12.2. The first-order valence-corrected chi connectivity index (χ1v) is 6.26. The third-order valence-corrected chi connectivity index (χ3v) is 4.15. The van der Waals surface area contributed by atoms with Crippen LogP contribution in [0.3, 0.4) is 0 Å². The summed E-state index contributed by atoms with van der Waals surface area (Å²) in [6.45, 7) is 8.25. The van der Waals surface area contributed by atoms with Crippen LogP contribution in [0.4, 0.5) is 0 Å². The minimum Gasteiger partial charge on any atom is -0.403 e. The molecule has 0 aromatic rings. The molecule has 4 nitrogen and oxygen atoms in total. The molecule has 3 rings (SSSR count). The Labute approximate surface area is 108 Å². The molecule has 0 aromatic heterocycles. The highest BCUT2D eigenvalue weighted by molar-refractivity contribution is 6.49. The van der Waals surface area contributed by atoms with Crippen molar-refractivity contribution >= 4 is 7.12 Å². The molecule has 0 unspecified atom stereocenters. The van der Waals surface area contributed by atoms with Crippen molar-refractivity contribution in [1.29, 1.82) is 0 Å². The quantitative estimate of drug-likeness (QED) is 0.664. The van der Waals surface area contributed by atoms with Crippen LogP contribution in [0.2, 0.25) is 5.82 Å². The van der Waals surface area contributed by atoms with Gasteiger partial charge in [0.05, 0.1) is 23.1 Å². The minimum atomic E-state index is -0.305. The first kappa shape index (κ1) is 11.9. The summed E-state index contributed by atoms with van der Waals surface area (Å²) >= 11 is 0. The van der Waals surface area contributed by atoms with Crippen molar-refractivity contribution in [1.82, 2.24) is 0 Å². The van der Waals surface area contributed by atoms with Gasteiger partial charge in [0, 0.05) is 11.4 Å². The van der Waals surface area contributed by atoms with Crippen LogP contribution in [-0.4, -0.2) is 18.3 Å². The molecule has 0 N–H and O–H groups in total. The Morgan fingerprint density at radius 3 is 2.50 bits per heavy atom. The van der Waals surface area contributed by atoms with E-state index in [4.69, 9.17) is 9.31 Å². The van der Waals surface area contributed by atoms with E-state index in [1.807, 2.05) is 12.2 Å². The van der Waals surface area contributed by atoms with Gasteiger partial charge in [-0.25, -0.2) is 0 Å². The molecule has 1 saturated heterocycles. The van der Waals surface area contributed by atoms with Gasteiger partial charge in [-0.1, -0.05) is 12.2 Å². The zero-order chi connectivity index (χ0) is 13.0. The van der Waals surface area contributed by atoms with Crippen molar-refractivity contribution in [3.63, 3.8) is 0 Å². The van der Waals surface area contributed by atoms with Crippen molar-refractivity contribution in [2.75, 3.05) is 0 Å². The highest BCUT2D eigenvalue weighted by atomic mass is 16.7. The van der Waals surface area contributed by atoms with E-state index in [2.05, 4.69) is 44.0 Å². The van der Waals surface area contributed by atoms with E-state index in [1.54, 1.807) is 6.20 Å². The Bertz CT molecular complexity index is 487. The Kier molecular flexibility index (Phi) is 2.41. The van der Waals surface area contributed by atoms with Crippen LogP contribution in [0.15, 0.2) is 45.9 Å². The fourth-order valence-electron chi connectivity index (χ4n) is 2.31. The third kappa shape index (κ3) is 1.61. The molecule has 0 aromatic carbocycles. The average Bonchev–Trinajstić information content (AvgIpc) is 2.81. The second kappa shape index (κ2) is 3.65. The van der Waals surface area contributed by atoms with Gasteiger partial charge in [0.25, 0.3) is 0 Å². The molecule has 3 aliphatic rings. The van der Waals surface area contributed by atoms with Crippen LogP contribution < -0.4 is 0 Å². The standard InChI is InChI=1S/C13H17BN2O2/c1-12(2)13(3,4)18-14(17-12)10-6-5-7-11-9(10)8-15-16-11/h5-8,10H,1-4H3/t10-/m0/s1. The topological polar surface area (TPSA) is 43.2 Å². The summed E-state index contributed by atoms with van der Waals surface area (Å²) in [6.07, 6.45) is 7.84. The Morgan fingerprint density at radius 1 is 1.17 bits per heavy atom. The maximum Gasteiger partial charge on any atom is 0.470 e.